The highest BCUT2D eigenvalue weighted by molar-refractivity contribution is 7.14. The van der Waals surface area contributed by atoms with Crippen molar-refractivity contribution in [2.24, 2.45) is 0 Å². The van der Waals surface area contributed by atoms with Gasteiger partial charge in [0.1, 0.15) is 12.6 Å². The number of amides is 2. The Morgan fingerprint density at radius 3 is 2.90 bits per heavy atom. The van der Waals surface area contributed by atoms with Crippen molar-refractivity contribution in [3.05, 3.63) is 21.9 Å². The molecule has 1 saturated carbocycles. The van der Waals surface area contributed by atoms with E-state index in [0.717, 1.165) is 12.8 Å². The Labute approximate surface area is 121 Å². The van der Waals surface area contributed by atoms with Gasteiger partial charge in [0, 0.05) is 6.04 Å². The molecule has 1 atom stereocenters. The monoisotopic (exact) mass is 292 g/mol. The van der Waals surface area contributed by atoms with E-state index in [4.69, 9.17) is 5.11 Å². The Morgan fingerprint density at radius 1 is 1.50 bits per heavy atom. The molecule has 1 heterocycles. The summed E-state index contributed by atoms with van der Waals surface area (Å²) in [5, 5.41) is 14.1. The number of nitrogens with one attached hydrogen (secondary N) is 2. The molecule has 0 bridgehead atoms. The van der Waals surface area contributed by atoms with E-state index in [1.165, 1.54) is 11.3 Å². The number of hydrogen-bond acceptors (Lipinski definition) is 4. The minimum absolute atomic E-state index is 0.155. The summed E-state index contributed by atoms with van der Waals surface area (Å²) in [5.41, 5.74) is 0. The summed E-state index contributed by atoms with van der Waals surface area (Å²) in [6.45, 7) is 1.45. The maximum atomic E-state index is 12.0. The molecule has 2 rings (SSSR count). The minimum Gasteiger partial charge on any atom is -0.384 e. The highest BCUT2D eigenvalue weighted by Crippen LogP contribution is 2.19. The van der Waals surface area contributed by atoms with Crippen LogP contribution in [0.4, 0.5) is 0 Å². The number of thiophene rings is 1. The summed E-state index contributed by atoms with van der Waals surface area (Å²) in [6.07, 6.45) is 2.04. The van der Waals surface area contributed by atoms with Gasteiger partial charge < -0.3 is 15.7 Å². The predicted molar refractivity (Wildman–Crippen MR) is 76.4 cm³/mol. The van der Waals surface area contributed by atoms with Crippen molar-refractivity contribution in [2.75, 3.05) is 6.61 Å². The summed E-state index contributed by atoms with van der Waals surface area (Å²) in [5.74, 6) is 4.82. The topological polar surface area (TPSA) is 78.4 Å². The molecule has 3 N–H and O–H groups in total. The Morgan fingerprint density at radius 2 is 2.25 bits per heavy atom. The standard InChI is InChI=1S/C14H16N2O3S/c1-9(13(18)16-10-4-5-10)15-14(19)12-7-6-11(20-12)3-2-8-17/h6-7,9-10,17H,4-5,8H2,1H3,(H,15,19)(H,16,18). The second kappa shape index (κ2) is 6.55. The highest BCUT2D eigenvalue weighted by atomic mass is 32.1. The van der Waals surface area contributed by atoms with Crippen LogP contribution in [0.1, 0.15) is 34.3 Å². The zero-order valence-electron chi connectivity index (χ0n) is 11.1. The van der Waals surface area contributed by atoms with Gasteiger partial charge in [-0.2, -0.15) is 0 Å². The van der Waals surface area contributed by atoms with E-state index < -0.39 is 6.04 Å². The fourth-order valence-corrected chi connectivity index (χ4v) is 2.32. The van der Waals surface area contributed by atoms with Gasteiger partial charge >= 0.3 is 0 Å². The van der Waals surface area contributed by atoms with Crippen LogP contribution in [0.2, 0.25) is 0 Å². The third kappa shape index (κ3) is 4.08. The molecule has 1 aliphatic carbocycles. The Balaban J connectivity index is 1.89. The van der Waals surface area contributed by atoms with Crippen molar-refractivity contribution in [3.63, 3.8) is 0 Å². The molecule has 20 heavy (non-hydrogen) atoms. The first-order valence-corrected chi connectivity index (χ1v) is 7.22. The third-order valence-electron chi connectivity index (χ3n) is 2.79. The van der Waals surface area contributed by atoms with Crippen molar-refractivity contribution < 1.29 is 14.7 Å². The number of rotatable bonds is 4. The fourth-order valence-electron chi connectivity index (χ4n) is 1.54. The molecule has 0 aliphatic heterocycles. The van der Waals surface area contributed by atoms with Gasteiger partial charge in [0.15, 0.2) is 0 Å². The summed E-state index contributed by atoms with van der Waals surface area (Å²) < 4.78 is 0. The Kier molecular flexibility index (Phi) is 4.77. The SMILES string of the molecule is CC(NC(=O)c1ccc(C#CCO)s1)C(=O)NC1CC1. The van der Waals surface area contributed by atoms with Gasteiger partial charge in [0.2, 0.25) is 5.91 Å². The van der Waals surface area contributed by atoms with Crippen molar-refractivity contribution >= 4 is 23.2 Å². The molecule has 0 saturated heterocycles. The molecule has 2 amide bonds. The second-order valence-corrected chi connectivity index (χ2v) is 5.69. The first-order valence-electron chi connectivity index (χ1n) is 6.41. The van der Waals surface area contributed by atoms with E-state index in [-0.39, 0.29) is 24.5 Å². The second-order valence-electron chi connectivity index (χ2n) is 4.60. The smallest absolute Gasteiger partial charge is 0.262 e. The molecule has 1 aromatic rings. The number of aliphatic hydroxyl groups excluding tert-OH is 1. The molecule has 6 heteroatoms. The lowest BCUT2D eigenvalue weighted by Gasteiger charge is -2.12. The zero-order chi connectivity index (χ0) is 14.5. The van der Waals surface area contributed by atoms with Gasteiger partial charge in [-0.05, 0) is 31.9 Å². The zero-order valence-corrected chi connectivity index (χ0v) is 11.9. The third-order valence-corrected chi connectivity index (χ3v) is 3.78. The molecule has 1 aromatic heterocycles. The molecule has 0 spiro atoms. The van der Waals surface area contributed by atoms with Crippen LogP contribution < -0.4 is 10.6 Å². The van der Waals surface area contributed by atoms with E-state index in [1.54, 1.807) is 19.1 Å². The molecule has 1 fully saturated rings. The van der Waals surface area contributed by atoms with Crippen molar-refractivity contribution in [1.29, 1.82) is 0 Å². The molecular formula is C14H16N2O3S. The van der Waals surface area contributed by atoms with E-state index in [0.29, 0.717) is 9.75 Å². The highest BCUT2D eigenvalue weighted by Gasteiger charge is 2.26. The van der Waals surface area contributed by atoms with Gasteiger partial charge in [0.25, 0.3) is 5.91 Å². The average Bonchev–Trinajstić information content (AvgIpc) is 3.10. The maximum absolute atomic E-state index is 12.0. The Hall–Kier alpha value is -1.84. The molecule has 106 valence electrons. The first kappa shape index (κ1) is 14.6. The van der Waals surface area contributed by atoms with E-state index in [1.807, 2.05) is 0 Å². The molecule has 0 aromatic carbocycles. The minimum atomic E-state index is -0.558. The summed E-state index contributed by atoms with van der Waals surface area (Å²) in [6, 6.07) is 3.10. The number of carbonyl (C=O) groups is 2. The molecule has 1 aliphatic rings. The van der Waals surface area contributed by atoms with Crippen LogP contribution in [0.5, 0.6) is 0 Å². The fraction of sp³-hybridized carbons (Fsp3) is 0.429. The van der Waals surface area contributed by atoms with Gasteiger partial charge in [-0.25, -0.2) is 0 Å². The lowest BCUT2D eigenvalue weighted by Crippen LogP contribution is -2.45. The average molecular weight is 292 g/mol. The van der Waals surface area contributed by atoms with Crippen LogP contribution in [0.15, 0.2) is 12.1 Å². The van der Waals surface area contributed by atoms with E-state index >= 15 is 0 Å². The van der Waals surface area contributed by atoms with Crippen LogP contribution in [0.25, 0.3) is 0 Å². The van der Waals surface area contributed by atoms with Crippen molar-refractivity contribution in [1.82, 2.24) is 10.6 Å². The number of aliphatic hydroxyl groups is 1. The lowest BCUT2D eigenvalue weighted by atomic mass is 10.3. The van der Waals surface area contributed by atoms with Crippen molar-refractivity contribution in [3.8, 4) is 11.8 Å². The predicted octanol–water partition coefficient (Wildman–Crippen LogP) is 0.489. The molecule has 0 radical (unpaired) electrons. The van der Waals surface area contributed by atoms with Gasteiger partial charge in [0.05, 0.1) is 9.75 Å². The van der Waals surface area contributed by atoms with Crippen LogP contribution in [0.3, 0.4) is 0 Å². The molecule has 1 unspecified atom stereocenters. The summed E-state index contributed by atoms with van der Waals surface area (Å²) in [7, 11) is 0. The number of hydrogen-bond donors (Lipinski definition) is 3. The largest absolute Gasteiger partial charge is 0.384 e. The van der Waals surface area contributed by atoms with E-state index in [2.05, 4.69) is 22.5 Å². The van der Waals surface area contributed by atoms with Crippen LogP contribution >= 0.6 is 11.3 Å². The van der Waals surface area contributed by atoms with Crippen LogP contribution in [-0.2, 0) is 4.79 Å². The van der Waals surface area contributed by atoms with Gasteiger partial charge in [-0.15, -0.1) is 11.3 Å². The van der Waals surface area contributed by atoms with Gasteiger partial charge in [-0.1, -0.05) is 11.8 Å². The molecular weight excluding hydrogens is 276 g/mol. The number of carbonyl (C=O) groups excluding carboxylic acids is 2. The van der Waals surface area contributed by atoms with Crippen LogP contribution in [-0.4, -0.2) is 35.6 Å². The lowest BCUT2D eigenvalue weighted by molar-refractivity contribution is -0.122. The van der Waals surface area contributed by atoms with Crippen molar-refractivity contribution in [2.45, 2.75) is 31.8 Å². The Bertz CT molecular complexity index is 566. The summed E-state index contributed by atoms with van der Waals surface area (Å²) >= 11 is 1.23. The van der Waals surface area contributed by atoms with E-state index in [9.17, 15) is 9.59 Å². The maximum Gasteiger partial charge on any atom is 0.262 e. The molecule has 5 nitrogen and oxygen atoms in total. The van der Waals surface area contributed by atoms with Gasteiger partial charge in [-0.3, -0.25) is 9.59 Å². The summed E-state index contributed by atoms with van der Waals surface area (Å²) in [4.78, 5) is 24.9. The quantitative estimate of drug-likeness (QED) is 0.707. The van der Waals surface area contributed by atoms with Crippen LogP contribution in [0, 0.1) is 11.8 Å². The normalized spacial score (nSPS) is 14.9. The first-order chi connectivity index (χ1) is 9.60.